The summed E-state index contributed by atoms with van der Waals surface area (Å²) in [6.45, 7) is 0. The zero-order valence-corrected chi connectivity index (χ0v) is 14.4. The Morgan fingerprint density at radius 3 is 2.54 bits per heavy atom. The van der Waals surface area contributed by atoms with Crippen LogP contribution in [0.2, 0.25) is 0 Å². The van der Waals surface area contributed by atoms with Gasteiger partial charge in [0.2, 0.25) is 0 Å². The van der Waals surface area contributed by atoms with Crippen molar-refractivity contribution in [3.8, 4) is 5.75 Å². The second kappa shape index (κ2) is 9.67. The molecule has 0 aromatic heterocycles. The number of hydrogen-bond donors (Lipinski definition) is 1. The lowest BCUT2D eigenvalue weighted by Gasteiger charge is -2.08. The van der Waals surface area contributed by atoms with Crippen LogP contribution in [0.4, 0.5) is 13.2 Å². The average molecular weight is 379 g/mol. The molecule has 0 heterocycles. The van der Waals surface area contributed by atoms with Gasteiger partial charge in [-0.2, -0.15) is 5.10 Å². The number of ether oxygens (including phenoxy) is 1. The molecular weight excluding hydrogens is 363 g/mol. The second-order valence-electron chi connectivity index (χ2n) is 4.93. The van der Waals surface area contributed by atoms with Gasteiger partial charge in [0, 0.05) is 5.75 Å². The van der Waals surface area contributed by atoms with Crippen LogP contribution in [0, 0.1) is 0 Å². The van der Waals surface area contributed by atoms with Gasteiger partial charge >= 0.3 is 6.36 Å². The Morgan fingerprint density at radius 2 is 1.81 bits per heavy atom. The van der Waals surface area contributed by atoms with Crippen molar-refractivity contribution < 1.29 is 17.9 Å². The standard InChI is InChI=1S/C18H16F3N3OS/c19-18(20,21)25-16-10-4-8-15(12-16)13-23-24-17(22)26-11-5-9-14-6-2-1-3-7-14/h1-10,12-13H,11H2,(H2,22,24)/b9-5+,23-13+. The fraction of sp³-hybridized carbons (Fsp3) is 0.111. The molecule has 0 spiro atoms. The topological polar surface area (TPSA) is 60.0 Å². The number of rotatable bonds is 6. The van der Waals surface area contributed by atoms with E-state index >= 15 is 0 Å². The Hall–Kier alpha value is -2.74. The van der Waals surface area contributed by atoms with Crippen LogP contribution in [0.15, 0.2) is 70.9 Å². The van der Waals surface area contributed by atoms with Crippen LogP contribution >= 0.6 is 11.8 Å². The molecule has 0 aliphatic carbocycles. The molecule has 0 saturated carbocycles. The first-order valence-electron chi connectivity index (χ1n) is 7.49. The minimum atomic E-state index is -4.73. The summed E-state index contributed by atoms with van der Waals surface area (Å²) in [5.74, 6) is 0.299. The van der Waals surface area contributed by atoms with Crippen LogP contribution < -0.4 is 10.5 Å². The van der Waals surface area contributed by atoms with E-state index in [0.29, 0.717) is 11.3 Å². The van der Waals surface area contributed by atoms with E-state index in [2.05, 4.69) is 14.9 Å². The highest BCUT2D eigenvalue weighted by Crippen LogP contribution is 2.22. The smallest absolute Gasteiger partial charge is 0.406 e. The number of hydrogen-bond acceptors (Lipinski definition) is 4. The SMILES string of the molecule is N/C(=N\N=C\c1cccc(OC(F)(F)F)c1)SC/C=C/c1ccccc1. The molecule has 4 nitrogen and oxygen atoms in total. The van der Waals surface area contributed by atoms with Gasteiger partial charge in [-0.15, -0.1) is 18.3 Å². The minimum absolute atomic E-state index is 0.252. The van der Waals surface area contributed by atoms with Gasteiger partial charge in [0.05, 0.1) is 6.21 Å². The largest absolute Gasteiger partial charge is 0.573 e. The minimum Gasteiger partial charge on any atom is -0.406 e. The summed E-state index contributed by atoms with van der Waals surface area (Å²) in [5.41, 5.74) is 7.22. The van der Waals surface area contributed by atoms with E-state index in [-0.39, 0.29) is 10.9 Å². The lowest BCUT2D eigenvalue weighted by atomic mass is 10.2. The number of nitrogens with two attached hydrogens (primary N) is 1. The predicted octanol–water partition coefficient (Wildman–Crippen LogP) is 4.68. The molecule has 0 radical (unpaired) electrons. The Labute approximate surface area is 153 Å². The molecule has 2 aromatic carbocycles. The maximum Gasteiger partial charge on any atom is 0.573 e. The molecule has 26 heavy (non-hydrogen) atoms. The number of halogens is 3. The molecule has 0 unspecified atom stereocenters. The lowest BCUT2D eigenvalue weighted by molar-refractivity contribution is -0.274. The summed E-state index contributed by atoms with van der Waals surface area (Å²) in [4.78, 5) is 0. The molecule has 0 saturated heterocycles. The van der Waals surface area contributed by atoms with Crippen LogP contribution in [0.5, 0.6) is 5.75 Å². The third-order valence-electron chi connectivity index (χ3n) is 2.89. The van der Waals surface area contributed by atoms with Crippen molar-refractivity contribution in [2.75, 3.05) is 5.75 Å². The molecular formula is C18H16F3N3OS. The Morgan fingerprint density at radius 1 is 1.08 bits per heavy atom. The number of nitrogens with zero attached hydrogens (tertiary/aromatic N) is 2. The van der Waals surface area contributed by atoms with E-state index in [1.54, 1.807) is 6.07 Å². The number of amidine groups is 1. The molecule has 0 fully saturated rings. The van der Waals surface area contributed by atoms with E-state index in [1.165, 1.54) is 36.2 Å². The lowest BCUT2D eigenvalue weighted by Crippen LogP contribution is -2.17. The number of alkyl halides is 3. The molecule has 0 atom stereocenters. The number of thioether (sulfide) groups is 1. The van der Waals surface area contributed by atoms with E-state index in [4.69, 9.17) is 5.73 Å². The first-order chi connectivity index (χ1) is 12.4. The van der Waals surface area contributed by atoms with Crippen LogP contribution in [0.1, 0.15) is 11.1 Å². The molecule has 0 aliphatic heterocycles. The van der Waals surface area contributed by atoms with E-state index in [0.717, 1.165) is 5.56 Å². The normalized spacial score (nSPS) is 12.8. The summed E-state index contributed by atoms with van der Waals surface area (Å²) in [6, 6.07) is 15.2. The quantitative estimate of drug-likeness (QED) is 0.450. The monoisotopic (exact) mass is 379 g/mol. The summed E-state index contributed by atoms with van der Waals surface area (Å²) in [6.07, 6.45) is 0.485. The van der Waals surface area contributed by atoms with Gasteiger partial charge in [-0.05, 0) is 23.3 Å². The van der Waals surface area contributed by atoms with Gasteiger partial charge in [-0.25, -0.2) is 0 Å². The molecule has 2 aromatic rings. The molecule has 0 bridgehead atoms. The van der Waals surface area contributed by atoms with E-state index < -0.39 is 6.36 Å². The summed E-state index contributed by atoms with van der Waals surface area (Å²) < 4.78 is 40.4. The highest BCUT2D eigenvalue weighted by molar-refractivity contribution is 8.13. The summed E-state index contributed by atoms with van der Waals surface area (Å²) in [5, 5.41) is 7.82. The number of benzene rings is 2. The van der Waals surface area contributed by atoms with Crippen LogP contribution in [0.25, 0.3) is 6.08 Å². The van der Waals surface area contributed by atoms with Crippen LogP contribution in [-0.2, 0) is 0 Å². The fourth-order valence-corrected chi connectivity index (χ4v) is 2.32. The first-order valence-corrected chi connectivity index (χ1v) is 8.48. The van der Waals surface area contributed by atoms with Gasteiger partial charge in [0.25, 0.3) is 0 Å². The van der Waals surface area contributed by atoms with Crippen molar-refractivity contribution in [2.24, 2.45) is 15.9 Å². The first kappa shape index (κ1) is 19.6. The highest BCUT2D eigenvalue weighted by Gasteiger charge is 2.30. The fourth-order valence-electron chi connectivity index (χ4n) is 1.86. The Balaban J connectivity index is 1.84. The Kier molecular flexibility index (Phi) is 7.28. The van der Waals surface area contributed by atoms with Gasteiger partial charge in [0.15, 0.2) is 5.17 Å². The van der Waals surface area contributed by atoms with Crippen molar-refractivity contribution >= 4 is 29.2 Å². The van der Waals surface area contributed by atoms with Crippen molar-refractivity contribution in [3.05, 3.63) is 71.8 Å². The molecule has 136 valence electrons. The Bertz CT molecular complexity index is 790. The third-order valence-corrected chi connectivity index (χ3v) is 3.63. The molecule has 8 heteroatoms. The maximum absolute atomic E-state index is 12.2. The molecule has 2 rings (SSSR count). The van der Waals surface area contributed by atoms with Gasteiger partial charge < -0.3 is 10.5 Å². The van der Waals surface area contributed by atoms with Gasteiger partial charge in [-0.3, -0.25) is 0 Å². The van der Waals surface area contributed by atoms with Crippen LogP contribution in [0.3, 0.4) is 0 Å². The van der Waals surface area contributed by atoms with Crippen molar-refractivity contribution in [2.45, 2.75) is 6.36 Å². The zero-order valence-electron chi connectivity index (χ0n) is 13.6. The van der Waals surface area contributed by atoms with Crippen molar-refractivity contribution in [1.82, 2.24) is 0 Å². The summed E-state index contributed by atoms with van der Waals surface area (Å²) >= 11 is 1.30. The summed E-state index contributed by atoms with van der Waals surface area (Å²) in [7, 11) is 0. The van der Waals surface area contributed by atoms with Crippen molar-refractivity contribution in [1.29, 1.82) is 0 Å². The highest BCUT2D eigenvalue weighted by atomic mass is 32.2. The van der Waals surface area contributed by atoms with Gasteiger partial charge in [-0.1, -0.05) is 66.4 Å². The predicted molar refractivity (Wildman–Crippen MR) is 100 cm³/mol. The van der Waals surface area contributed by atoms with E-state index in [9.17, 15) is 13.2 Å². The molecule has 0 aliphatic rings. The van der Waals surface area contributed by atoms with Gasteiger partial charge in [0.1, 0.15) is 5.75 Å². The average Bonchev–Trinajstić information content (AvgIpc) is 2.58. The second-order valence-corrected chi connectivity index (χ2v) is 5.97. The maximum atomic E-state index is 12.2. The zero-order chi connectivity index (χ0) is 18.8. The third kappa shape index (κ3) is 7.89. The van der Waals surface area contributed by atoms with Crippen LogP contribution in [-0.4, -0.2) is 23.5 Å². The van der Waals surface area contributed by atoms with Crippen molar-refractivity contribution in [3.63, 3.8) is 0 Å². The molecule has 0 amide bonds. The van der Waals surface area contributed by atoms with E-state index in [1.807, 2.05) is 42.5 Å². The molecule has 2 N–H and O–H groups in total.